The van der Waals surface area contributed by atoms with E-state index in [9.17, 15) is 4.79 Å². The summed E-state index contributed by atoms with van der Waals surface area (Å²) in [5.41, 5.74) is 7.87. The maximum atomic E-state index is 11.6. The molecule has 0 saturated heterocycles. The number of nitrogens with one attached hydrogen (secondary N) is 1. The number of rotatable bonds is 3. The summed E-state index contributed by atoms with van der Waals surface area (Å²) in [6.07, 6.45) is 3.86. The number of anilines is 1. The topological polar surface area (TPSA) is 80.9 Å². The maximum Gasteiger partial charge on any atom is 0.241 e. The molecule has 1 amide bonds. The van der Waals surface area contributed by atoms with Crippen molar-refractivity contribution in [1.82, 2.24) is 9.97 Å². The van der Waals surface area contributed by atoms with Crippen molar-refractivity contribution in [3.63, 3.8) is 0 Å². The molecular weight excluding hydrogens is 216 g/mol. The van der Waals surface area contributed by atoms with Gasteiger partial charge in [-0.05, 0) is 24.6 Å². The van der Waals surface area contributed by atoms with Crippen LogP contribution in [0.15, 0.2) is 30.6 Å². The van der Waals surface area contributed by atoms with E-state index in [-0.39, 0.29) is 5.91 Å². The number of amides is 1. The van der Waals surface area contributed by atoms with Gasteiger partial charge in [0.2, 0.25) is 5.91 Å². The zero-order valence-electron chi connectivity index (χ0n) is 9.55. The van der Waals surface area contributed by atoms with E-state index < -0.39 is 6.04 Å². The van der Waals surface area contributed by atoms with Gasteiger partial charge in [-0.1, -0.05) is 6.92 Å². The quantitative estimate of drug-likeness (QED) is 0.832. The molecule has 0 aliphatic heterocycles. The Bertz CT molecular complexity index is 541. The Kier molecular flexibility index (Phi) is 3.30. The molecule has 1 heterocycles. The minimum absolute atomic E-state index is 0.184. The van der Waals surface area contributed by atoms with E-state index in [0.29, 0.717) is 12.1 Å². The molecule has 0 saturated carbocycles. The number of hydrogen-bond donors (Lipinski definition) is 2. The molecule has 0 aliphatic carbocycles. The zero-order chi connectivity index (χ0) is 12.3. The Labute approximate surface area is 99.1 Å². The second-order valence-corrected chi connectivity index (χ2v) is 3.76. The van der Waals surface area contributed by atoms with E-state index in [0.717, 1.165) is 11.0 Å². The van der Waals surface area contributed by atoms with Crippen molar-refractivity contribution in [2.45, 2.75) is 19.4 Å². The van der Waals surface area contributed by atoms with Crippen LogP contribution in [0.3, 0.4) is 0 Å². The lowest BCUT2D eigenvalue weighted by Gasteiger charge is -2.10. The van der Waals surface area contributed by atoms with Gasteiger partial charge in [-0.25, -0.2) is 0 Å². The fraction of sp³-hybridized carbons (Fsp3) is 0.250. The Morgan fingerprint density at radius 3 is 2.76 bits per heavy atom. The number of nitrogens with zero attached hydrogens (tertiary/aromatic N) is 2. The molecule has 0 bridgehead atoms. The summed E-state index contributed by atoms with van der Waals surface area (Å²) >= 11 is 0. The number of carbonyl (C=O) groups excluding carboxylic acids is 1. The zero-order valence-corrected chi connectivity index (χ0v) is 9.55. The molecule has 0 aliphatic rings. The molecule has 88 valence electrons. The average Bonchev–Trinajstić information content (AvgIpc) is 2.37. The van der Waals surface area contributed by atoms with E-state index >= 15 is 0 Å². The predicted octanol–water partition coefficient (Wildman–Crippen LogP) is 1.31. The number of nitrogens with two attached hydrogens (primary N) is 1. The number of fused-ring (bicyclic) bond motifs is 1. The molecule has 5 nitrogen and oxygen atoms in total. The smallest absolute Gasteiger partial charge is 0.241 e. The minimum Gasteiger partial charge on any atom is -0.325 e. The Balaban J connectivity index is 2.22. The third kappa shape index (κ3) is 2.57. The van der Waals surface area contributed by atoms with Crippen LogP contribution >= 0.6 is 0 Å². The second kappa shape index (κ2) is 4.88. The molecule has 1 aromatic carbocycles. The Morgan fingerprint density at radius 1 is 1.35 bits per heavy atom. The summed E-state index contributed by atoms with van der Waals surface area (Å²) in [4.78, 5) is 19.9. The summed E-state index contributed by atoms with van der Waals surface area (Å²) in [5, 5.41) is 2.75. The summed E-state index contributed by atoms with van der Waals surface area (Å²) < 4.78 is 0. The fourth-order valence-electron chi connectivity index (χ4n) is 1.46. The van der Waals surface area contributed by atoms with Crippen molar-refractivity contribution in [3.8, 4) is 0 Å². The number of aromatic nitrogens is 2. The lowest BCUT2D eigenvalue weighted by atomic mass is 10.2. The molecule has 0 radical (unpaired) electrons. The van der Waals surface area contributed by atoms with Crippen LogP contribution in [0.5, 0.6) is 0 Å². The molecule has 2 rings (SSSR count). The van der Waals surface area contributed by atoms with Crippen molar-refractivity contribution in [3.05, 3.63) is 30.6 Å². The molecule has 3 N–H and O–H groups in total. The van der Waals surface area contributed by atoms with E-state index in [1.807, 2.05) is 13.0 Å². The van der Waals surface area contributed by atoms with Crippen molar-refractivity contribution in [1.29, 1.82) is 0 Å². The fourth-order valence-corrected chi connectivity index (χ4v) is 1.46. The van der Waals surface area contributed by atoms with E-state index in [1.54, 1.807) is 24.5 Å². The van der Waals surface area contributed by atoms with Gasteiger partial charge in [-0.2, -0.15) is 0 Å². The molecule has 1 aromatic heterocycles. The van der Waals surface area contributed by atoms with Gasteiger partial charge in [0, 0.05) is 18.1 Å². The second-order valence-electron chi connectivity index (χ2n) is 3.76. The summed E-state index contributed by atoms with van der Waals surface area (Å²) in [6, 6.07) is 4.91. The van der Waals surface area contributed by atoms with Gasteiger partial charge in [0.05, 0.1) is 17.1 Å². The lowest BCUT2D eigenvalue weighted by Crippen LogP contribution is -2.34. The first-order valence-corrected chi connectivity index (χ1v) is 5.48. The summed E-state index contributed by atoms with van der Waals surface area (Å²) in [7, 11) is 0. The maximum absolute atomic E-state index is 11.6. The first-order valence-electron chi connectivity index (χ1n) is 5.48. The third-order valence-electron chi connectivity index (χ3n) is 2.51. The Morgan fingerprint density at radius 2 is 2.06 bits per heavy atom. The monoisotopic (exact) mass is 230 g/mol. The first-order chi connectivity index (χ1) is 8.20. The van der Waals surface area contributed by atoms with Crippen molar-refractivity contribution in [2.75, 3.05) is 5.32 Å². The Hall–Kier alpha value is -2.01. The molecule has 0 fully saturated rings. The van der Waals surface area contributed by atoms with Crippen LogP contribution in [0, 0.1) is 0 Å². The summed E-state index contributed by atoms with van der Waals surface area (Å²) in [5.74, 6) is -0.184. The molecular formula is C12H14N4O. The van der Waals surface area contributed by atoms with Crippen LogP contribution in [0.1, 0.15) is 13.3 Å². The van der Waals surface area contributed by atoms with E-state index in [2.05, 4.69) is 15.3 Å². The summed E-state index contributed by atoms with van der Waals surface area (Å²) in [6.45, 7) is 1.87. The van der Waals surface area contributed by atoms with Crippen LogP contribution in [0.25, 0.3) is 11.0 Å². The van der Waals surface area contributed by atoms with Crippen LogP contribution in [-0.2, 0) is 4.79 Å². The van der Waals surface area contributed by atoms with Gasteiger partial charge in [-0.3, -0.25) is 14.8 Å². The number of carbonyl (C=O) groups is 1. The highest BCUT2D eigenvalue weighted by atomic mass is 16.2. The highest BCUT2D eigenvalue weighted by Crippen LogP contribution is 2.15. The number of hydrogen-bond acceptors (Lipinski definition) is 4. The minimum atomic E-state index is -0.479. The largest absolute Gasteiger partial charge is 0.325 e. The molecule has 1 atom stereocenters. The van der Waals surface area contributed by atoms with Crippen LogP contribution in [0.2, 0.25) is 0 Å². The lowest BCUT2D eigenvalue weighted by molar-refractivity contribution is -0.117. The van der Waals surface area contributed by atoms with Crippen LogP contribution in [-0.4, -0.2) is 21.9 Å². The standard InChI is InChI=1S/C12H14N4O/c1-2-9(13)12(17)16-8-3-4-10-11(7-8)15-6-5-14-10/h3-7,9H,2,13H2,1H3,(H,16,17). The van der Waals surface area contributed by atoms with Gasteiger partial charge in [0.1, 0.15) is 0 Å². The highest BCUT2D eigenvalue weighted by Gasteiger charge is 2.11. The average molecular weight is 230 g/mol. The first kappa shape index (κ1) is 11.5. The van der Waals surface area contributed by atoms with Crippen molar-refractivity contribution < 1.29 is 4.79 Å². The predicted molar refractivity (Wildman–Crippen MR) is 66.4 cm³/mol. The normalized spacial score (nSPS) is 12.4. The van der Waals surface area contributed by atoms with E-state index in [1.165, 1.54) is 0 Å². The SMILES string of the molecule is CCC(N)C(=O)Nc1ccc2nccnc2c1. The van der Waals surface area contributed by atoms with Gasteiger partial charge >= 0.3 is 0 Å². The van der Waals surface area contributed by atoms with Gasteiger partial charge in [-0.15, -0.1) is 0 Å². The molecule has 5 heteroatoms. The number of benzene rings is 1. The molecule has 2 aromatic rings. The van der Waals surface area contributed by atoms with Gasteiger partial charge < -0.3 is 11.1 Å². The van der Waals surface area contributed by atoms with Crippen molar-refractivity contribution in [2.24, 2.45) is 5.73 Å². The van der Waals surface area contributed by atoms with E-state index in [4.69, 9.17) is 5.73 Å². The van der Waals surface area contributed by atoms with Crippen LogP contribution < -0.4 is 11.1 Å². The molecule has 17 heavy (non-hydrogen) atoms. The highest BCUT2D eigenvalue weighted by molar-refractivity contribution is 5.96. The van der Waals surface area contributed by atoms with Crippen molar-refractivity contribution >= 4 is 22.6 Å². The third-order valence-corrected chi connectivity index (χ3v) is 2.51. The molecule has 0 spiro atoms. The van der Waals surface area contributed by atoms with Crippen LogP contribution in [0.4, 0.5) is 5.69 Å². The van der Waals surface area contributed by atoms with Gasteiger partial charge in [0.15, 0.2) is 0 Å². The molecule has 1 unspecified atom stereocenters. The van der Waals surface area contributed by atoms with Gasteiger partial charge in [0.25, 0.3) is 0 Å².